The van der Waals surface area contributed by atoms with Crippen molar-refractivity contribution < 1.29 is 9.53 Å². The molecule has 4 rings (SSSR count). The second kappa shape index (κ2) is 8.39. The third kappa shape index (κ3) is 4.20. The highest BCUT2D eigenvalue weighted by Gasteiger charge is 2.07. The van der Waals surface area contributed by atoms with Gasteiger partial charge in [0.25, 0.3) is 5.91 Å². The zero-order valence-electron chi connectivity index (χ0n) is 15.4. The maximum absolute atomic E-state index is 12.3. The molecule has 0 fully saturated rings. The number of H-pyrrole nitrogens is 1. The first-order chi connectivity index (χ1) is 13.8. The molecule has 0 spiro atoms. The second-order valence-corrected chi connectivity index (χ2v) is 6.53. The van der Waals surface area contributed by atoms with Gasteiger partial charge < -0.3 is 15.0 Å². The van der Waals surface area contributed by atoms with Gasteiger partial charge in [0.05, 0.1) is 6.20 Å². The molecule has 0 atom stereocenters. The normalized spacial score (nSPS) is 10.7. The van der Waals surface area contributed by atoms with Crippen LogP contribution in [0.25, 0.3) is 10.9 Å². The lowest BCUT2D eigenvalue weighted by molar-refractivity contribution is 0.0953. The number of hydrogen-bond acceptors (Lipinski definition) is 3. The molecule has 0 saturated heterocycles. The van der Waals surface area contributed by atoms with Crippen LogP contribution in [0.5, 0.6) is 11.5 Å². The average Bonchev–Trinajstić information content (AvgIpc) is 3.15. The Labute approximate surface area is 163 Å². The van der Waals surface area contributed by atoms with Crippen LogP contribution in [0, 0.1) is 0 Å². The average molecular weight is 371 g/mol. The van der Waals surface area contributed by atoms with Gasteiger partial charge in [0.2, 0.25) is 0 Å². The van der Waals surface area contributed by atoms with Crippen LogP contribution in [0.3, 0.4) is 0 Å². The molecule has 2 heterocycles. The number of nitrogens with zero attached hydrogens (tertiary/aromatic N) is 1. The van der Waals surface area contributed by atoms with Crippen LogP contribution in [-0.4, -0.2) is 22.4 Å². The molecule has 4 aromatic rings. The van der Waals surface area contributed by atoms with E-state index in [0.717, 1.165) is 18.4 Å². The molecule has 0 aliphatic rings. The van der Waals surface area contributed by atoms with E-state index in [2.05, 4.69) is 27.4 Å². The molecule has 140 valence electrons. The molecule has 5 nitrogen and oxygen atoms in total. The quantitative estimate of drug-likeness (QED) is 0.462. The summed E-state index contributed by atoms with van der Waals surface area (Å²) in [4.78, 5) is 19.6. The highest BCUT2D eigenvalue weighted by Crippen LogP contribution is 2.21. The summed E-state index contributed by atoms with van der Waals surface area (Å²) in [5.41, 5.74) is 3.04. The Kier molecular flexibility index (Phi) is 5.33. The second-order valence-electron chi connectivity index (χ2n) is 6.53. The summed E-state index contributed by atoms with van der Waals surface area (Å²) < 4.78 is 5.69. The van der Waals surface area contributed by atoms with Gasteiger partial charge in [0, 0.05) is 35.4 Å². The van der Waals surface area contributed by atoms with Crippen LogP contribution in [0.1, 0.15) is 22.3 Å². The Morgan fingerprint density at radius 3 is 2.68 bits per heavy atom. The Hall–Kier alpha value is -3.60. The number of aryl methyl sites for hydroxylation is 1. The zero-order valence-corrected chi connectivity index (χ0v) is 15.4. The van der Waals surface area contributed by atoms with Gasteiger partial charge >= 0.3 is 0 Å². The number of aromatic nitrogens is 2. The Bertz CT molecular complexity index is 1060. The number of fused-ring (bicyclic) bond motifs is 1. The van der Waals surface area contributed by atoms with E-state index in [1.54, 1.807) is 36.7 Å². The van der Waals surface area contributed by atoms with Gasteiger partial charge in [0.15, 0.2) is 0 Å². The fourth-order valence-electron chi connectivity index (χ4n) is 3.14. The van der Waals surface area contributed by atoms with E-state index in [4.69, 9.17) is 4.74 Å². The van der Waals surface area contributed by atoms with Gasteiger partial charge in [-0.05, 0) is 60.9 Å². The fraction of sp³-hybridized carbons (Fsp3) is 0.130. The van der Waals surface area contributed by atoms with Crippen LogP contribution in [-0.2, 0) is 6.42 Å². The van der Waals surface area contributed by atoms with Gasteiger partial charge in [-0.1, -0.05) is 18.2 Å². The van der Waals surface area contributed by atoms with E-state index in [-0.39, 0.29) is 5.91 Å². The van der Waals surface area contributed by atoms with Crippen molar-refractivity contribution in [2.24, 2.45) is 0 Å². The van der Waals surface area contributed by atoms with E-state index < -0.39 is 0 Å². The number of amides is 1. The van der Waals surface area contributed by atoms with Crippen LogP contribution in [0.4, 0.5) is 0 Å². The molecule has 5 heteroatoms. The monoisotopic (exact) mass is 371 g/mol. The predicted molar refractivity (Wildman–Crippen MR) is 110 cm³/mol. The molecule has 2 N–H and O–H groups in total. The van der Waals surface area contributed by atoms with E-state index in [1.165, 1.54) is 10.9 Å². The molecular formula is C23H21N3O2. The molecule has 0 bridgehead atoms. The topological polar surface area (TPSA) is 67.0 Å². The van der Waals surface area contributed by atoms with Crippen LogP contribution < -0.4 is 10.1 Å². The molecule has 0 aliphatic heterocycles. The van der Waals surface area contributed by atoms with Crippen molar-refractivity contribution in [1.29, 1.82) is 0 Å². The van der Waals surface area contributed by atoms with Crippen molar-refractivity contribution in [2.75, 3.05) is 6.54 Å². The Balaban J connectivity index is 1.27. The molecule has 2 aromatic carbocycles. The summed E-state index contributed by atoms with van der Waals surface area (Å²) in [6.45, 7) is 0.631. The minimum Gasteiger partial charge on any atom is -0.456 e. The third-order valence-corrected chi connectivity index (χ3v) is 4.57. The van der Waals surface area contributed by atoms with Gasteiger partial charge in [-0.2, -0.15) is 0 Å². The minimum absolute atomic E-state index is 0.0770. The number of carbonyl (C=O) groups excluding carboxylic acids is 1. The van der Waals surface area contributed by atoms with Crippen LogP contribution in [0.15, 0.2) is 79.3 Å². The standard InChI is InChI=1S/C23H21N3O2/c27-23(17-9-11-19(12-10-17)28-20-6-4-13-24-16-20)25-14-3-5-18-15-26-22-8-2-1-7-21(18)22/h1-2,4,6-13,15-16,26H,3,5,14H2,(H,25,27). The fourth-order valence-corrected chi connectivity index (χ4v) is 3.14. The molecule has 0 aliphatic carbocycles. The largest absolute Gasteiger partial charge is 0.456 e. The van der Waals surface area contributed by atoms with E-state index >= 15 is 0 Å². The molecule has 2 aromatic heterocycles. The number of hydrogen-bond donors (Lipinski definition) is 2. The first kappa shape index (κ1) is 17.8. The minimum atomic E-state index is -0.0770. The first-order valence-electron chi connectivity index (χ1n) is 9.31. The van der Waals surface area contributed by atoms with Gasteiger partial charge in [0.1, 0.15) is 11.5 Å². The number of benzene rings is 2. The van der Waals surface area contributed by atoms with E-state index in [1.807, 2.05) is 30.5 Å². The molecule has 0 saturated carbocycles. The van der Waals surface area contributed by atoms with Gasteiger partial charge in [-0.15, -0.1) is 0 Å². The molecule has 28 heavy (non-hydrogen) atoms. The number of pyridine rings is 1. The van der Waals surface area contributed by atoms with Crippen molar-refractivity contribution >= 4 is 16.8 Å². The summed E-state index contributed by atoms with van der Waals surface area (Å²) in [6.07, 6.45) is 7.19. The number of nitrogens with one attached hydrogen (secondary N) is 2. The smallest absolute Gasteiger partial charge is 0.251 e. The number of aromatic amines is 1. The van der Waals surface area contributed by atoms with Crippen molar-refractivity contribution in [2.45, 2.75) is 12.8 Å². The highest BCUT2D eigenvalue weighted by atomic mass is 16.5. The van der Waals surface area contributed by atoms with E-state index in [0.29, 0.717) is 23.6 Å². The van der Waals surface area contributed by atoms with E-state index in [9.17, 15) is 4.79 Å². The zero-order chi connectivity index (χ0) is 19.2. The van der Waals surface area contributed by atoms with Crippen molar-refractivity contribution in [3.05, 3.63) is 90.4 Å². The number of para-hydroxylation sites is 1. The number of ether oxygens (including phenoxy) is 1. The Morgan fingerprint density at radius 1 is 1.00 bits per heavy atom. The number of carbonyl (C=O) groups is 1. The maximum atomic E-state index is 12.3. The lowest BCUT2D eigenvalue weighted by atomic mass is 10.1. The summed E-state index contributed by atoms with van der Waals surface area (Å²) in [5, 5.41) is 4.23. The Morgan fingerprint density at radius 2 is 1.86 bits per heavy atom. The lowest BCUT2D eigenvalue weighted by Gasteiger charge is -2.07. The SMILES string of the molecule is O=C(NCCCc1c[nH]c2ccccc12)c1ccc(Oc2cccnc2)cc1. The van der Waals surface area contributed by atoms with Gasteiger partial charge in [-0.3, -0.25) is 9.78 Å². The highest BCUT2D eigenvalue weighted by molar-refractivity contribution is 5.94. The summed E-state index contributed by atoms with van der Waals surface area (Å²) in [5.74, 6) is 1.26. The molecular weight excluding hydrogens is 350 g/mol. The summed E-state index contributed by atoms with van der Waals surface area (Å²) in [7, 11) is 0. The van der Waals surface area contributed by atoms with Crippen LogP contribution >= 0.6 is 0 Å². The van der Waals surface area contributed by atoms with Crippen LogP contribution in [0.2, 0.25) is 0 Å². The first-order valence-corrected chi connectivity index (χ1v) is 9.31. The maximum Gasteiger partial charge on any atom is 0.251 e. The lowest BCUT2D eigenvalue weighted by Crippen LogP contribution is -2.24. The van der Waals surface area contributed by atoms with Crippen molar-refractivity contribution in [3.63, 3.8) is 0 Å². The number of rotatable bonds is 7. The summed E-state index contributed by atoms with van der Waals surface area (Å²) >= 11 is 0. The predicted octanol–water partition coefficient (Wildman–Crippen LogP) is 4.72. The molecule has 0 radical (unpaired) electrons. The third-order valence-electron chi connectivity index (χ3n) is 4.57. The van der Waals surface area contributed by atoms with Gasteiger partial charge in [-0.25, -0.2) is 0 Å². The summed E-state index contributed by atoms with van der Waals surface area (Å²) in [6, 6.07) is 19.0. The molecule has 0 unspecified atom stereocenters. The van der Waals surface area contributed by atoms with Crippen molar-refractivity contribution in [3.8, 4) is 11.5 Å². The molecule has 1 amide bonds. The van der Waals surface area contributed by atoms with Crippen molar-refractivity contribution in [1.82, 2.24) is 15.3 Å².